The van der Waals surface area contributed by atoms with Gasteiger partial charge in [-0.3, -0.25) is 4.90 Å². The molecule has 0 spiro atoms. The molecule has 2 aliphatic rings. The van der Waals surface area contributed by atoms with Crippen LogP contribution in [0.25, 0.3) is 0 Å². The number of anilines is 3. The second kappa shape index (κ2) is 9.32. The van der Waals surface area contributed by atoms with Gasteiger partial charge >= 0.3 is 0 Å². The normalized spacial score (nSPS) is 21.2. The summed E-state index contributed by atoms with van der Waals surface area (Å²) in [4.78, 5) is 13.5. The number of nitrogens with zero attached hydrogens (tertiary/aromatic N) is 4. The number of nitrogens with one attached hydrogen (secondary N) is 1. The topological polar surface area (TPSA) is 98.7 Å². The molecule has 2 atom stereocenters. The molecule has 1 saturated heterocycles. The van der Waals surface area contributed by atoms with E-state index in [0.29, 0.717) is 12.4 Å². The van der Waals surface area contributed by atoms with Gasteiger partial charge in [-0.15, -0.1) is 0 Å². The van der Waals surface area contributed by atoms with Gasteiger partial charge in [-0.25, -0.2) is 18.4 Å². The number of β-amino-alcohol motifs (C(OH)–C–C–N with tert-alkyl or cyclic N) is 1. The zero-order valence-corrected chi connectivity index (χ0v) is 19.9. The van der Waals surface area contributed by atoms with Gasteiger partial charge in [0.1, 0.15) is 18.0 Å². The lowest BCUT2D eigenvalue weighted by atomic mass is 9.94. The highest BCUT2D eigenvalue weighted by atomic mass is 32.2. The highest BCUT2D eigenvalue weighted by Gasteiger charge is 2.34. The Kier molecular flexibility index (Phi) is 6.24. The highest BCUT2D eigenvalue weighted by molar-refractivity contribution is 7.90. The van der Waals surface area contributed by atoms with Crippen molar-refractivity contribution in [2.24, 2.45) is 0 Å². The summed E-state index contributed by atoms with van der Waals surface area (Å²) < 4.78 is 23.3. The fraction of sp³-hybridized carbons (Fsp3) is 0.360. The zero-order chi connectivity index (χ0) is 23.7. The number of aliphatic hydroxyl groups is 1. The van der Waals surface area contributed by atoms with Crippen LogP contribution in [0.4, 0.5) is 17.3 Å². The molecule has 1 fully saturated rings. The molecule has 9 heteroatoms. The number of sulfone groups is 1. The maximum absolute atomic E-state index is 11.7. The van der Waals surface area contributed by atoms with Crippen LogP contribution in [-0.4, -0.2) is 66.4 Å². The molecule has 2 N–H and O–H groups in total. The van der Waals surface area contributed by atoms with Crippen LogP contribution in [0.5, 0.6) is 0 Å². The monoisotopic (exact) mass is 479 g/mol. The number of rotatable bonds is 5. The van der Waals surface area contributed by atoms with Crippen LogP contribution in [0.15, 0.2) is 65.8 Å². The van der Waals surface area contributed by atoms with E-state index in [1.165, 1.54) is 23.7 Å². The van der Waals surface area contributed by atoms with E-state index in [1.54, 1.807) is 24.3 Å². The predicted molar refractivity (Wildman–Crippen MR) is 132 cm³/mol. The Morgan fingerprint density at radius 2 is 1.79 bits per heavy atom. The van der Waals surface area contributed by atoms with Crippen molar-refractivity contribution in [1.82, 2.24) is 14.9 Å². The minimum atomic E-state index is -3.23. The Balaban J connectivity index is 1.23. The van der Waals surface area contributed by atoms with E-state index in [2.05, 4.69) is 49.4 Å². The van der Waals surface area contributed by atoms with E-state index in [0.717, 1.165) is 44.0 Å². The molecule has 0 bridgehead atoms. The number of aliphatic hydroxyl groups excluding tert-OH is 1. The van der Waals surface area contributed by atoms with Gasteiger partial charge < -0.3 is 15.3 Å². The molecule has 3 heterocycles. The summed E-state index contributed by atoms with van der Waals surface area (Å²) >= 11 is 0. The predicted octanol–water partition coefficient (Wildman–Crippen LogP) is 2.62. The van der Waals surface area contributed by atoms with Crippen LogP contribution < -0.4 is 10.2 Å². The summed E-state index contributed by atoms with van der Waals surface area (Å²) in [6.45, 7) is 3.18. The van der Waals surface area contributed by atoms with Crippen molar-refractivity contribution >= 4 is 27.2 Å². The van der Waals surface area contributed by atoms with Gasteiger partial charge in [0.25, 0.3) is 0 Å². The molecule has 178 valence electrons. The summed E-state index contributed by atoms with van der Waals surface area (Å²) in [5.74, 6) is 1.37. The first-order valence-corrected chi connectivity index (χ1v) is 13.4. The summed E-state index contributed by atoms with van der Waals surface area (Å²) in [7, 11) is -3.23. The van der Waals surface area contributed by atoms with Gasteiger partial charge in [0, 0.05) is 50.2 Å². The molecule has 1 unspecified atom stereocenters. The van der Waals surface area contributed by atoms with Crippen molar-refractivity contribution in [3.05, 3.63) is 72.1 Å². The minimum Gasteiger partial charge on any atom is -0.390 e. The molecule has 34 heavy (non-hydrogen) atoms. The van der Waals surface area contributed by atoms with Crippen molar-refractivity contribution in [1.29, 1.82) is 0 Å². The quantitative estimate of drug-likeness (QED) is 0.576. The third-order valence-electron chi connectivity index (χ3n) is 6.71. The SMILES string of the molecule is CS(=O)(=O)c1ccc(Nc2cc(N3CCC(N4CCc5ccccc5C4)[C@@H](O)C3)ncn2)cc1. The Labute approximate surface area is 200 Å². The third kappa shape index (κ3) is 4.91. The first kappa shape index (κ1) is 22.8. The average Bonchev–Trinajstić information content (AvgIpc) is 2.84. The second-order valence-electron chi connectivity index (χ2n) is 9.04. The van der Waals surface area contributed by atoms with E-state index < -0.39 is 15.9 Å². The number of benzene rings is 2. The first-order valence-electron chi connectivity index (χ1n) is 11.5. The van der Waals surface area contributed by atoms with Crippen LogP contribution >= 0.6 is 0 Å². The average molecular weight is 480 g/mol. The molecule has 0 radical (unpaired) electrons. The standard InChI is InChI=1S/C25H29N5O3S/c1-34(32,33)21-8-6-20(7-9-21)28-24-14-25(27-17-26-24)30-13-11-22(23(31)16-30)29-12-10-18-4-2-3-5-19(18)15-29/h2-9,14,17,22-23,31H,10-13,15-16H2,1H3,(H,26,27,28)/t22?,23-/m0/s1. The van der Waals surface area contributed by atoms with Gasteiger partial charge in [-0.2, -0.15) is 0 Å². The van der Waals surface area contributed by atoms with E-state index in [-0.39, 0.29) is 10.9 Å². The molecule has 0 saturated carbocycles. The van der Waals surface area contributed by atoms with E-state index in [4.69, 9.17) is 0 Å². The Bertz CT molecular complexity index is 1270. The number of fused-ring (bicyclic) bond motifs is 1. The Morgan fingerprint density at radius 3 is 2.53 bits per heavy atom. The Morgan fingerprint density at radius 1 is 1.03 bits per heavy atom. The van der Waals surface area contributed by atoms with Gasteiger partial charge in [-0.1, -0.05) is 24.3 Å². The van der Waals surface area contributed by atoms with Crippen LogP contribution in [0, 0.1) is 0 Å². The number of hydrogen-bond donors (Lipinski definition) is 2. The van der Waals surface area contributed by atoms with Crippen molar-refractivity contribution in [3.8, 4) is 0 Å². The van der Waals surface area contributed by atoms with Crippen LogP contribution in [-0.2, 0) is 22.8 Å². The fourth-order valence-corrected chi connectivity index (χ4v) is 5.51. The van der Waals surface area contributed by atoms with Crippen LogP contribution in [0.3, 0.4) is 0 Å². The summed E-state index contributed by atoms with van der Waals surface area (Å²) in [6, 6.07) is 17.1. The van der Waals surface area contributed by atoms with Crippen molar-refractivity contribution < 1.29 is 13.5 Å². The lowest BCUT2D eigenvalue weighted by Crippen LogP contribution is -2.55. The molecule has 0 amide bonds. The van der Waals surface area contributed by atoms with Gasteiger partial charge in [0.05, 0.1) is 11.0 Å². The van der Waals surface area contributed by atoms with Crippen LogP contribution in [0.2, 0.25) is 0 Å². The molecule has 2 aromatic carbocycles. The summed E-state index contributed by atoms with van der Waals surface area (Å²) in [5.41, 5.74) is 3.51. The lowest BCUT2D eigenvalue weighted by molar-refractivity contribution is 0.0293. The van der Waals surface area contributed by atoms with Crippen LogP contribution in [0.1, 0.15) is 17.5 Å². The molecular formula is C25H29N5O3S. The fourth-order valence-electron chi connectivity index (χ4n) is 4.88. The smallest absolute Gasteiger partial charge is 0.175 e. The molecule has 1 aromatic heterocycles. The summed E-state index contributed by atoms with van der Waals surface area (Å²) in [6.07, 6.45) is 4.11. The highest BCUT2D eigenvalue weighted by Crippen LogP contribution is 2.28. The van der Waals surface area contributed by atoms with Gasteiger partial charge in [0.2, 0.25) is 0 Å². The van der Waals surface area contributed by atoms with Crippen molar-refractivity contribution in [2.45, 2.75) is 36.4 Å². The number of aromatic nitrogens is 2. The first-order chi connectivity index (χ1) is 16.4. The zero-order valence-electron chi connectivity index (χ0n) is 19.1. The van der Waals surface area contributed by atoms with E-state index in [9.17, 15) is 13.5 Å². The number of piperidine rings is 1. The molecule has 0 aliphatic carbocycles. The lowest BCUT2D eigenvalue weighted by Gasteiger charge is -2.43. The molecule has 8 nitrogen and oxygen atoms in total. The number of hydrogen-bond acceptors (Lipinski definition) is 8. The summed E-state index contributed by atoms with van der Waals surface area (Å²) in [5, 5.41) is 14.2. The minimum absolute atomic E-state index is 0.136. The molecule has 5 rings (SSSR count). The van der Waals surface area contributed by atoms with Crippen molar-refractivity contribution in [2.75, 3.05) is 36.1 Å². The maximum atomic E-state index is 11.7. The van der Waals surface area contributed by atoms with Gasteiger partial charge in [-0.05, 0) is 48.2 Å². The van der Waals surface area contributed by atoms with E-state index in [1.807, 2.05) is 6.07 Å². The molecular weight excluding hydrogens is 450 g/mol. The van der Waals surface area contributed by atoms with E-state index >= 15 is 0 Å². The maximum Gasteiger partial charge on any atom is 0.175 e. The largest absolute Gasteiger partial charge is 0.390 e. The second-order valence-corrected chi connectivity index (χ2v) is 11.1. The third-order valence-corrected chi connectivity index (χ3v) is 7.84. The van der Waals surface area contributed by atoms with Gasteiger partial charge in [0.15, 0.2) is 9.84 Å². The molecule has 3 aromatic rings. The molecule has 2 aliphatic heterocycles. The van der Waals surface area contributed by atoms with Crippen molar-refractivity contribution in [3.63, 3.8) is 0 Å². The Hall–Kier alpha value is -3.01.